The molecule has 0 aromatic carbocycles. The maximum atomic E-state index is 13.5. The largest absolute Gasteiger partial charge is 0.450 e. The lowest BCUT2D eigenvalue weighted by molar-refractivity contribution is -0.166. The van der Waals surface area contributed by atoms with Crippen LogP contribution in [0.1, 0.15) is 53.4 Å². The molecule has 34 heavy (non-hydrogen) atoms. The molecule has 2 heterocycles. The molecule has 2 rings (SSSR count). The van der Waals surface area contributed by atoms with E-state index in [0.29, 0.717) is 25.8 Å². The van der Waals surface area contributed by atoms with Crippen LogP contribution in [0.5, 0.6) is 0 Å². The van der Waals surface area contributed by atoms with Gasteiger partial charge in [-0.15, -0.1) is 6.58 Å². The van der Waals surface area contributed by atoms with Gasteiger partial charge in [0, 0.05) is 27.1 Å². The Bertz CT molecular complexity index is 830. The quantitative estimate of drug-likeness (QED) is 0.470. The Kier molecular flexibility index (Phi) is 9.23. The molecule has 1 N–H and O–H groups in total. The maximum Gasteiger partial charge on any atom is 0.329 e. The van der Waals surface area contributed by atoms with Crippen LogP contribution in [0.3, 0.4) is 0 Å². The summed E-state index contributed by atoms with van der Waals surface area (Å²) >= 11 is 0. The molecule has 2 fully saturated rings. The number of rotatable bonds is 4. The number of ether oxygens (including phenoxy) is 1. The number of likely N-dealkylation sites (N-methyl/N-ethyl adjacent to an activating group) is 2. The van der Waals surface area contributed by atoms with Crippen molar-refractivity contribution in [3.63, 3.8) is 0 Å². The van der Waals surface area contributed by atoms with Gasteiger partial charge in [0.25, 0.3) is 5.91 Å². The van der Waals surface area contributed by atoms with Crippen LogP contribution in [-0.2, 0) is 28.7 Å². The smallest absolute Gasteiger partial charge is 0.329 e. The minimum atomic E-state index is -1.17. The SMILES string of the molecule is C=CCC1OC(=O)[C@@H]2CCCN2C(=O)[C@H]([C@@H](C)CC)NC(=O)[C@H](C)N(C)C(=O)[C@H](C)N(C)C1=O. The molecule has 0 spiro atoms. The Morgan fingerprint density at radius 2 is 1.68 bits per heavy atom. The van der Waals surface area contributed by atoms with E-state index >= 15 is 0 Å². The first-order valence-electron chi connectivity index (χ1n) is 11.9. The highest BCUT2D eigenvalue weighted by molar-refractivity contribution is 5.96. The number of fused-ring (bicyclic) bond motifs is 1. The van der Waals surface area contributed by atoms with Gasteiger partial charge in [0.15, 0.2) is 6.10 Å². The number of carbonyl (C=O) groups is 5. The summed E-state index contributed by atoms with van der Waals surface area (Å²) in [7, 11) is 2.94. The van der Waals surface area contributed by atoms with Crippen molar-refractivity contribution in [2.75, 3.05) is 20.6 Å². The first kappa shape index (κ1) is 27.3. The predicted octanol–water partition coefficient (Wildman–Crippen LogP) is 0.704. The molecule has 6 atom stereocenters. The average molecular weight is 479 g/mol. The second kappa shape index (κ2) is 11.5. The van der Waals surface area contributed by atoms with Crippen molar-refractivity contribution in [3.05, 3.63) is 12.7 Å². The van der Waals surface area contributed by atoms with Crippen molar-refractivity contribution in [1.82, 2.24) is 20.0 Å². The highest BCUT2D eigenvalue weighted by Crippen LogP contribution is 2.24. The van der Waals surface area contributed by atoms with E-state index in [0.717, 1.165) is 0 Å². The zero-order valence-corrected chi connectivity index (χ0v) is 21.1. The van der Waals surface area contributed by atoms with E-state index < -0.39 is 54.0 Å². The molecule has 0 aromatic rings. The molecular formula is C24H38N4O6. The minimum absolute atomic E-state index is 0.0677. The lowest BCUT2D eigenvalue weighted by Gasteiger charge is -2.33. The molecule has 0 saturated carbocycles. The summed E-state index contributed by atoms with van der Waals surface area (Å²) < 4.78 is 5.58. The molecule has 2 aliphatic rings. The summed E-state index contributed by atoms with van der Waals surface area (Å²) in [5, 5.41) is 2.81. The van der Waals surface area contributed by atoms with Crippen LogP contribution in [0.25, 0.3) is 0 Å². The molecule has 0 bridgehead atoms. The summed E-state index contributed by atoms with van der Waals surface area (Å²) in [5.41, 5.74) is 0. The second-order valence-electron chi connectivity index (χ2n) is 9.26. The van der Waals surface area contributed by atoms with Gasteiger partial charge in [0.2, 0.25) is 17.7 Å². The molecule has 0 aromatic heterocycles. The molecule has 2 aliphatic heterocycles. The second-order valence-corrected chi connectivity index (χ2v) is 9.26. The molecular weight excluding hydrogens is 440 g/mol. The van der Waals surface area contributed by atoms with E-state index in [-0.39, 0.29) is 18.2 Å². The van der Waals surface area contributed by atoms with Gasteiger partial charge in [0.1, 0.15) is 24.2 Å². The first-order valence-corrected chi connectivity index (χ1v) is 11.9. The lowest BCUT2D eigenvalue weighted by Crippen LogP contribution is -2.58. The molecule has 10 heteroatoms. The number of cyclic esters (lactones) is 1. The van der Waals surface area contributed by atoms with Gasteiger partial charge in [0.05, 0.1) is 0 Å². The maximum absolute atomic E-state index is 13.5. The number of carbonyl (C=O) groups excluding carboxylic acids is 5. The number of nitrogens with zero attached hydrogens (tertiary/aromatic N) is 3. The molecule has 1 unspecified atom stereocenters. The standard InChI is InChI=1S/C24H38N4O6/c1-8-11-18-22(31)27(7)16(5)21(30)26(6)15(4)20(29)25-19(14(3)9-2)23(32)28-13-10-12-17(28)24(33)34-18/h8,14-19H,1,9-13H2,2-7H3,(H,25,29)/t14-,15-,16-,17-,18?,19-/m0/s1. The van der Waals surface area contributed by atoms with Crippen LogP contribution in [-0.4, -0.2) is 95.2 Å². The predicted molar refractivity (Wildman–Crippen MR) is 125 cm³/mol. The van der Waals surface area contributed by atoms with Crippen LogP contribution in [0, 0.1) is 5.92 Å². The van der Waals surface area contributed by atoms with Crippen LogP contribution >= 0.6 is 0 Å². The monoisotopic (exact) mass is 478 g/mol. The van der Waals surface area contributed by atoms with Crippen molar-refractivity contribution in [2.45, 2.75) is 83.6 Å². The number of amides is 4. The van der Waals surface area contributed by atoms with Gasteiger partial charge < -0.3 is 24.8 Å². The summed E-state index contributed by atoms with van der Waals surface area (Å²) in [4.78, 5) is 69.8. The Hall–Kier alpha value is -2.91. The summed E-state index contributed by atoms with van der Waals surface area (Å²) in [6, 6.07) is -3.48. The zero-order valence-electron chi connectivity index (χ0n) is 21.1. The topological polar surface area (TPSA) is 116 Å². The van der Waals surface area contributed by atoms with Crippen molar-refractivity contribution in [1.29, 1.82) is 0 Å². The minimum Gasteiger partial charge on any atom is -0.450 e. The number of hydrogen-bond donors (Lipinski definition) is 1. The first-order chi connectivity index (χ1) is 16.0. The van der Waals surface area contributed by atoms with E-state index in [1.54, 1.807) is 13.8 Å². The fourth-order valence-corrected chi connectivity index (χ4v) is 4.23. The molecule has 190 valence electrons. The normalized spacial score (nSPS) is 30.8. The summed E-state index contributed by atoms with van der Waals surface area (Å²) in [6.45, 7) is 10.9. The number of hydrogen-bond acceptors (Lipinski definition) is 6. The van der Waals surface area contributed by atoms with Crippen molar-refractivity contribution in [3.8, 4) is 0 Å². The van der Waals surface area contributed by atoms with Gasteiger partial charge in [-0.3, -0.25) is 19.2 Å². The Balaban J connectivity index is 2.52. The molecule has 2 saturated heterocycles. The highest BCUT2D eigenvalue weighted by Gasteiger charge is 2.43. The van der Waals surface area contributed by atoms with Crippen LogP contribution in [0.4, 0.5) is 0 Å². The van der Waals surface area contributed by atoms with E-state index in [9.17, 15) is 24.0 Å². The number of nitrogens with one attached hydrogen (secondary N) is 1. The van der Waals surface area contributed by atoms with E-state index in [1.807, 2.05) is 13.8 Å². The lowest BCUT2D eigenvalue weighted by atomic mass is 9.97. The highest BCUT2D eigenvalue weighted by atomic mass is 16.5. The fourth-order valence-electron chi connectivity index (χ4n) is 4.23. The number of esters is 1. The van der Waals surface area contributed by atoms with Gasteiger partial charge in [-0.25, -0.2) is 4.79 Å². The Morgan fingerprint density at radius 1 is 1.06 bits per heavy atom. The fraction of sp³-hybridized carbons (Fsp3) is 0.708. The van der Waals surface area contributed by atoms with E-state index in [4.69, 9.17) is 4.74 Å². The third kappa shape index (κ3) is 5.59. The Labute approximate surface area is 201 Å². The Morgan fingerprint density at radius 3 is 2.26 bits per heavy atom. The van der Waals surface area contributed by atoms with Crippen molar-refractivity contribution >= 4 is 29.6 Å². The molecule has 10 nitrogen and oxygen atoms in total. The van der Waals surface area contributed by atoms with Crippen LogP contribution in [0.15, 0.2) is 12.7 Å². The van der Waals surface area contributed by atoms with Crippen molar-refractivity contribution in [2.24, 2.45) is 5.92 Å². The van der Waals surface area contributed by atoms with Gasteiger partial charge >= 0.3 is 5.97 Å². The van der Waals surface area contributed by atoms with Crippen LogP contribution in [0.2, 0.25) is 0 Å². The van der Waals surface area contributed by atoms with Gasteiger partial charge in [-0.2, -0.15) is 0 Å². The average Bonchev–Trinajstić information content (AvgIpc) is 3.32. The van der Waals surface area contributed by atoms with Gasteiger partial charge in [-0.05, 0) is 32.6 Å². The van der Waals surface area contributed by atoms with Crippen molar-refractivity contribution < 1.29 is 28.7 Å². The summed E-state index contributed by atoms with van der Waals surface area (Å²) in [5.74, 6) is -2.72. The van der Waals surface area contributed by atoms with Crippen LogP contribution < -0.4 is 5.32 Å². The summed E-state index contributed by atoms with van der Waals surface area (Å²) in [6.07, 6.45) is 2.01. The van der Waals surface area contributed by atoms with Gasteiger partial charge in [-0.1, -0.05) is 26.3 Å². The molecule has 4 amide bonds. The third-order valence-corrected chi connectivity index (χ3v) is 7.09. The van der Waals surface area contributed by atoms with E-state index in [1.165, 1.54) is 34.9 Å². The molecule has 0 radical (unpaired) electrons. The zero-order chi connectivity index (χ0) is 25.7. The molecule has 0 aliphatic carbocycles. The van der Waals surface area contributed by atoms with E-state index in [2.05, 4.69) is 11.9 Å². The third-order valence-electron chi connectivity index (χ3n) is 7.09.